The Balaban J connectivity index is 1.88. The molecule has 0 saturated heterocycles. The SMILES string of the molecule is COCCOc1ccc2c(c1)NC(=O)C[C@H]2c1ccc(Cl)s1. The van der Waals surface area contributed by atoms with Crippen molar-refractivity contribution in [3.63, 3.8) is 0 Å². The summed E-state index contributed by atoms with van der Waals surface area (Å²) in [6.07, 6.45) is 0.438. The van der Waals surface area contributed by atoms with Gasteiger partial charge < -0.3 is 14.8 Å². The highest BCUT2D eigenvalue weighted by atomic mass is 35.5. The lowest BCUT2D eigenvalue weighted by atomic mass is 9.89. The summed E-state index contributed by atoms with van der Waals surface area (Å²) in [5.74, 6) is 0.784. The maximum Gasteiger partial charge on any atom is 0.225 e. The lowest BCUT2D eigenvalue weighted by Crippen LogP contribution is -2.23. The molecule has 4 nitrogen and oxygen atoms in total. The molecule has 1 aromatic heterocycles. The van der Waals surface area contributed by atoms with Crippen molar-refractivity contribution < 1.29 is 14.3 Å². The van der Waals surface area contributed by atoms with E-state index in [4.69, 9.17) is 21.1 Å². The van der Waals surface area contributed by atoms with E-state index >= 15 is 0 Å². The summed E-state index contributed by atoms with van der Waals surface area (Å²) in [4.78, 5) is 13.1. The van der Waals surface area contributed by atoms with E-state index < -0.39 is 0 Å². The van der Waals surface area contributed by atoms with E-state index in [9.17, 15) is 4.79 Å². The van der Waals surface area contributed by atoms with Gasteiger partial charge in [0.2, 0.25) is 5.91 Å². The van der Waals surface area contributed by atoms with Crippen LogP contribution in [-0.2, 0) is 9.53 Å². The first-order chi connectivity index (χ1) is 10.7. The molecule has 116 valence electrons. The van der Waals surface area contributed by atoms with Crippen LogP contribution in [0, 0.1) is 0 Å². The lowest BCUT2D eigenvalue weighted by Gasteiger charge is -2.25. The lowest BCUT2D eigenvalue weighted by molar-refractivity contribution is -0.116. The van der Waals surface area contributed by atoms with Gasteiger partial charge in [0.25, 0.3) is 0 Å². The van der Waals surface area contributed by atoms with Crippen molar-refractivity contribution in [3.8, 4) is 5.75 Å². The second kappa shape index (κ2) is 6.69. The molecule has 1 amide bonds. The van der Waals surface area contributed by atoms with Gasteiger partial charge in [-0.3, -0.25) is 4.79 Å². The molecule has 22 heavy (non-hydrogen) atoms. The van der Waals surface area contributed by atoms with Crippen molar-refractivity contribution >= 4 is 34.5 Å². The number of anilines is 1. The third-order valence-electron chi connectivity index (χ3n) is 3.56. The third-order valence-corrected chi connectivity index (χ3v) is 4.90. The van der Waals surface area contributed by atoms with Crippen LogP contribution in [0.25, 0.3) is 0 Å². The molecule has 1 N–H and O–H groups in total. The fourth-order valence-corrected chi connectivity index (χ4v) is 3.73. The molecule has 0 radical (unpaired) electrons. The Morgan fingerprint density at radius 1 is 1.32 bits per heavy atom. The van der Waals surface area contributed by atoms with Gasteiger partial charge in [0.15, 0.2) is 0 Å². The molecule has 0 bridgehead atoms. The summed E-state index contributed by atoms with van der Waals surface area (Å²) in [6, 6.07) is 9.66. The molecule has 2 heterocycles. The van der Waals surface area contributed by atoms with Gasteiger partial charge in [-0.1, -0.05) is 17.7 Å². The van der Waals surface area contributed by atoms with Gasteiger partial charge in [0.1, 0.15) is 12.4 Å². The summed E-state index contributed by atoms with van der Waals surface area (Å²) in [7, 11) is 1.63. The van der Waals surface area contributed by atoms with Crippen LogP contribution in [0.1, 0.15) is 22.8 Å². The molecular formula is C16H16ClNO3S. The number of methoxy groups -OCH3 is 1. The second-order valence-corrected chi connectivity index (χ2v) is 6.78. The standard InChI is InChI=1S/C16H16ClNO3S/c1-20-6-7-21-10-2-3-11-12(14-4-5-15(17)22-14)9-16(19)18-13(11)8-10/h2-5,8,12H,6-7,9H2,1H3,(H,18,19)/t12-/m1/s1. The molecule has 2 aromatic rings. The number of rotatable bonds is 5. The molecule has 1 atom stereocenters. The molecule has 6 heteroatoms. The number of hydrogen-bond acceptors (Lipinski definition) is 4. The van der Waals surface area contributed by atoms with Gasteiger partial charge in [-0.25, -0.2) is 0 Å². The normalized spacial score (nSPS) is 17.0. The first-order valence-corrected chi connectivity index (χ1v) is 8.17. The summed E-state index contributed by atoms with van der Waals surface area (Å²) >= 11 is 7.54. The average Bonchev–Trinajstić information content (AvgIpc) is 2.93. The van der Waals surface area contributed by atoms with E-state index in [1.165, 1.54) is 11.3 Å². The van der Waals surface area contributed by atoms with Crippen molar-refractivity contribution in [2.24, 2.45) is 0 Å². The van der Waals surface area contributed by atoms with Crippen molar-refractivity contribution in [3.05, 3.63) is 45.1 Å². The molecular weight excluding hydrogens is 322 g/mol. The van der Waals surface area contributed by atoms with Crippen LogP contribution in [0.2, 0.25) is 4.34 Å². The Bertz CT molecular complexity index is 686. The summed E-state index contributed by atoms with van der Waals surface area (Å²) in [5.41, 5.74) is 1.90. The Labute approximate surface area is 138 Å². The Morgan fingerprint density at radius 3 is 2.91 bits per heavy atom. The molecule has 0 saturated carbocycles. The number of halogens is 1. The van der Waals surface area contributed by atoms with E-state index in [1.807, 2.05) is 30.3 Å². The number of amides is 1. The van der Waals surface area contributed by atoms with Crippen molar-refractivity contribution in [1.29, 1.82) is 0 Å². The predicted molar refractivity (Wildman–Crippen MR) is 88.2 cm³/mol. The van der Waals surface area contributed by atoms with Crippen LogP contribution in [0.15, 0.2) is 30.3 Å². The molecule has 0 aliphatic carbocycles. The fourth-order valence-electron chi connectivity index (χ4n) is 2.55. The van der Waals surface area contributed by atoms with Crippen LogP contribution in [0.4, 0.5) is 5.69 Å². The van der Waals surface area contributed by atoms with Gasteiger partial charge in [0.05, 0.1) is 10.9 Å². The van der Waals surface area contributed by atoms with E-state index in [0.29, 0.717) is 19.6 Å². The van der Waals surface area contributed by atoms with Crippen LogP contribution >= 0.6 is 22.9 Å². The van der Waals surface area contributed by atoms with Gasteiger partial charge in [-0.15, -0.1) is 11.3 Å². The number of carbonyl (C=O) groups is 1. The van der Waals surface area contributed by atoms with E-state index in [2.05, 4.69) is 5.32 Å². The molecule has 1 aliphatic heterocycles. The Morgan fingerprint density at radius 2 is 2.18 bits per heavy atom. The number of ether oxygens (including phenoxy) is 2. The van der Waals surface area contributed by atoms with Gasteiger partial charge in [-0.05, 0) is 23.8 Å². The first kappa shape index (κ1) is 15.3. The average molecular weight is 338 g/mol. The highest BCUT2D eigenvalue weighted by Crippen LogP contribution is 2.41. The smallest absolute Gasteiger partial charge is 0.225 e. The number of carbonyl (C=O) groups excluding carboxylic acids is 1. The first-order valence-electron chi connectivity index (χ1n) is 6.98. The largest absolute Gasteiger partial charge is 0.491 e. The zero-order valence-corrected chi connectivity index (χ0v) is 13.7. The van der Waals surface area contributed by atoms with Gasteiger partial charge in [-0.2, -0.15) is 0 Å². The van der Waals surface area contributed by atoms with E-state index in [-0.39, 0.29) is 11.8 Å². The molecule has 1 aromatic carbocycles. The van der Waals surface area contributed by atoms with E-state index in [0.717, 1.165) is 26.2 Å². The maximum atomic E-state index is 12.0. The third kappa shape index (κ3) is 3.27. The molecule has 3 rings (SSSR count). The summed E-state index contributed by atoms with van der Waals surface area (Å²) in [5, 5.41) is 2.92. The minimum absolute atomic E-state index is 0.0102. The van der Waals surface area contributed by atoms with Crippen molar-refractivity contribution in [2.45, 2.75) is 12.3 Å². The highest BCUT2D eigenvalue weighted by Gasteiger charge is 2.27. The molecule has 0 fully saturated rings. The maximum absolute atomic E-state index is 12.0. The number of fused-ring (bicyclic) bond motifs is 1. The number of nitrogens with one attached hydrogen (secondary N) is 1. The summed E-state index contributed by atoms with van der Waals surface area (Å²) in [6.45, 7) is 1.01. The predicted octanol–water partition coefficient (Wildman–Crippen LogP) is 3.90. The van der Waals surface area contributed by atoms with Crippen LogP contribution < -0.4 is 10.1 Å². The van der Waals surface area contributed by atoms with Crippen LogP contribution in [0.3, 0.4) is 0 Å². The number of benzene rings is 1. The van der Waals surface area contributed by atoms with Crippen LogP contribution in [0.5, 0.6) is 5.75 Å². The Hall–Kier alpha value is -1.56. The number of thiophene rings is 1. The zero-order chi connectivity index (χ0) is 15.5. The number of hydrogen-bond donors (Lipinski definition) is 1. The van der Waals surface area contributed by atoms with Crippen molar-refractivity contribution in [2.75, 3.05) is 25.6 Å². The molecule has 1 aliphatic rings. The zero-order valence-electron chi connectivity index (χ0n) is 12.1. The molecule has 0 spiro atoms. The van der Waals surface area contributed by atoms with Crippen molar-refractivity contribution in [1.82, 2.24) is 0 Å². The minimum atomic E-state index is 0.0102. The second-order valence-electron chi connectivity index (χ2n) is 5.04. The summed E-state index contributed by atoms with van der Waals surface area (Å²) < 4.78 is 11.3. The monoisotopic (exact) mass is 337 g/mol. The fraction of sp³-hybridized carbons (Fsp3) is 0.312. The van der Waals surface area contributed by atoms with Crippen LogP contribution in [-0.4, -0.2) is 26.2 Å². The van der Waals surface area contributed by atoms with E-state index in [1.54, 1.807) is 7.11 Å². The topological polar surface area (TPSA) is 47.6 Å². The minimum Gasteiger partial charge on any atom is -0.491 e. The highest BCUT2D eigenvalue weighted by molar-refractivity contribution is 7.16. The van der Waals surface area contributed by atoms with Gasteiger partial charge in [0, 0.05) is 36.1 Å². The molecule has 0 unspecified atom stereocenters. The quantitative estimate of drug-likeness (QED) is 0.842. The van der Waals surface area contributed by atoms with Gasteiger partial charge >= 0.3 is 0 Å². The Kier molecular flexibility index (Phi) is 4.66.